The van der Waals surface area contributed by atoms with Crippen molar-refractivity contribution in [2.45, 2.75) is 13.0 Å². The second kappa shape index (κ2) is 7.27. The maximum absolute atomic E-state index is 12.4. The highest BCUT2D eigenvalue weighted by molar-refractivity contribution is 6.43. The van der Waals surface area contributed by atoms with E-state index in [1.807, 2.05) is 6.07 Å². The van der Waals surface area contributed by atoms with Crippen LogP contribution in [-0.4, -0.2) is 29.2 Å². The highest BCUT2D eigenvalue weighted by Crippen LogP contribution is 2.31. The number of benzene rings is 2. The van der Waals surface area contributed by atoms with Gasteiger partial charge in [0.05, 0.1) is 27.2 Å². The van der Waals surface area contributed by atoms with Gasteiger partial charge in [-0.2, -0.15) is 0 Å². The second-order valence-electron chi connectivity index (χ2n) is 5.85. The van der Waals surface area contributed by atoms with Crippen LogP contribution in [0.25, 0.3) is 0 Å². The molecule has 1 aliphatic rings. The van der Waals surface area contributed by atoms with Gasteiger partial charge in [0.15, 0.2) is 0 Å². The molecule has 0 saturated carbocycles. The molecule has 0 aromatic heterocycles. The number of carbonyl (C=O) groups excluding carboxylic acids is 3. The zero-order valence-corrected chi connectivity index (χ0v) is 15.8. The highest BCUT2D eigenvalue weighted by Gasteiger charge is 2.37. The average Bonchev–Trinajstić information content (AvgIpc) is 2.80. The summed E-state index contributed by atoms with van der Waals surface area (Å²) in [4.78, 5) is 38.0. The molecule has 2 aromatic rings. The van der Waals surface area contributed by atoms with Crippen molar-refractivity contribution < 1.29 is 14.4 Å². The Labute approximate surface area is 164 Å². The molecular weight excluding hydrogens is 399 g/mol. The standard InChI is InChI=1S/C18H13Cl3N2O3/c1-9(10-3-2-4-11(19)5-10)22-16(24)8-23-17(25)12-6-14(20)15(21)7-13(12)18(23)26/h2-7,9H,8H2,1H3,(H,22,24). The minimum atomic E-state index is -0.575. The quantitative estimate of drug-likeness (QED) is 0.770. The van der Waals surface area contributed by atoms with Crippen LogP contribution in [0.5, 0.6) is 0 Å². The van der Waals surface area contributed by atoms with Crippen LogP contribution in [0.2, 0.25) is 15.1 Å². The number of carbonyl (C=O) groups is 3. The molecular formula is C18H13Cl3N2O3. The molecule has 0 bridgehead atoms. The third kappa shape index (κ3) is 3.56. The molecule has 26 heavy (non-hydrogen) atoms. The lowest BCUT2D eigenvalue weighted by atomic mass is 10.1. The monoisotopic (exact) mass is 410 g/mol. The van der Waals surface area contributed by atoms with Gasteiger partial charge in [-0.3, -0.25) is 19.3 Å². The van der Waals surface area contributed by atoms with Gasteiger partial charge in [-0.25, -0.2) is 0 Å². The fourth-order valence-electron chi connectivity index (χ4n) is 2.72. The summed E-state index contributed by atoms with van der Waals surface area (Å²) < 4.78 is 0. The van der Waals surface area contributed by atoms with Crippen LogP contribution in [-0.2, 0) is 4.79 Å². The molecule has 5 nitrogen and oxygen atoms in total. The maximum Gasteiger partial charge on any atom is 0.262 e. The van der Waals surface area contributed by atoms with Crippen molar-refractivity contribution in [2.75, 3.05) is 6.54 Å². The van der Waals surface area contributed by atoms with E-state index >= 15 is 0 Å². The first-order chi connectivity index (χ1) is 12.3. The normalized spacial score (nSPS) is 14.4. The minimum Gasteiger partial charge on any atom is -0.348 e. The van der Waals surface area contributed by atoms with E-state index in [9.17, 15) is 14.4 Å². The Hall–Kier alpha value is -2.08. The topological polar surface area (TPSA) is 66.5 Å². The van der Waals surface area contributed by atoms with E-state index in [4.69, 9.17) is 34.8 Å². The lowest BCUT2D eigenvalue weighted by molar-refractivity contribution is -0.122. The van der Waals surface area contributed by atoms with Crippen LogP contribution in [0, 0.1) is 0 Å². The lowest BCUT2D eigenvalue weighted by Crippen LogP contribution is -2.41. The summed E-state index contributed by atoms with van der Waals surface area (Å²) in [5.74, 6) is -1.62. The van der Waals surface area contributed by atoms with E-state index in [-0.39, 0.29) is 27.2 Å². The lowest BCUT2D eigenvalue weighted by Gasteiger charge is -2.18. The molecule has 1 aliphatic heterocycles. The molecule has 1 N–H and O–H groups in total. The first-order valence-corrected chi connectivity index (χ1v) is 8.81. The summed E-state index contributed by atoms with van der Waals surface area (Å²) >= 11 is 17.8. The first kappa shape index (κ1) is 18.7. The van der Waals surface area contributed by atoms with Crippen molar-refractivity contribution in [2.24, 2.45) is 0 Å². The van der Waals surface area contributed by atoms with E-state index in [0.29, 0.717) is 5.02 Å². The van der Waals surface area contributed by atoms with Crippen LogP contribution in [0.15, 0.2) is 36.4 Å². The van der Waals surface area contributed by atoms with E-state index in [0.717, 1.165) is 10.5 Å². The van der Waals surface area contributed by atoms with Crippen LogP contribution < -0.4 is 5.32 Å². The van der Waals surface area contributed by atoms with Gasteiger partial charge in [-0.15, -0.1) is 0 Å². The summed E-state index contributed by atoms with van der Waals surface area (Å²) in [7, 11) is 0. The van der Waals surface area contributed by atoms with Gasteiger partial charge < -0.3 is 5.32 Å². The Kier molecular flexibility index (Phi) is 5.23. The van der Waals surface area contributed by atoms with Gasteiger partial charge in [0.25, 0.3) is 11.8 Å². The Balaban J connectivity index is 1.72. The Morgan fingerprint density at radius 1 is 1.04 bits per heavy atom. The van der Waals surface area contributed by atoms with Crippen LogP contribution in [0.1, 0.15) is 39.2 Å². The largest absolute Gasteiger partial charge is 0.348 e. The summed E-state index contributed by atoms with van der Waals surface area (Å²) in [5, 5.41) is 3.65. The van der Waals surface area contributed by atoms with Crippen molar-refractivity contribution >= 4 is 52.5 Å². The molecule has 1 heterocycles. The predicted molar refractivity (Wildman–Crippen MR) is 99.8 cm³/mol. The molecule has 0 spiro atoms. The number of amides is 3. The van der Waals surface area contributed by atoms with Gasteiger partial charge in [0.1, 0.15) is 6.54 Å². The molecule has 2 aromatic carbocycles. The molecule has 0 saturated heterocycles. The smallest absolute Gasteiger partial charge is 0.262 e. The highest BCUT2D eigenvalue weighted by atomic mass is 35.5. The molecule has 3 amide bonds. The molecule has 1 atom stereocenters. The van der Waals surface area contributed by atoms with E-state index in [1.165, 1.54) is 12.1 Å². The van der Waals surface area contributed by atoms with Crippen molar-refractivity contribution in [1.82, 2.24) is 10.2 Å². The van der Waals surface area contributed by atoms with E-state index < -0.39 is 24.3 Å². The fraction of sp³-hybridized carbons (Fsp3) is 0.167. The van der Waals surface area contributed by atoms with E-state index in [2.05, 4.69) is 5.32 Å². The third-order valence-electron chi connectivity index (χ3n) is 4.04. The molecule has 0 fully saturated rings. The number of fused-ring (bicyclic) bond motifs is 1. The zero-order chi connectivity index (χ0) is 19.0. The summed E-state index contributed by atoms with van der Waals surface area (Å²) in [6.45, 7) is 1.39. The Bertz CT molecular complexity index is 889. The number of hydrogen-bond donors (Lipinski definition) is 1. The minimum absolute atomic E-state index is 0.139. The zero-order valence-electron chi connectivity index (χ0n) is 13.6. The third-order valence-corrected chi connectivity index (χ3v) is 5.00. The molecule has 134 valence electrons. The molecule has 0 aliphatic carbocycles. The number of rotatable bonds is 4. The number of nitrogens with one attached hydrogen (secondary N) is 1. The number of nitrogens with zero attached hydrogens (tertiary/aromatic N) is 1. The molecule has 8 heteroatoms. The average molecular weight is 412 g/mol. The SMILES string of the molecule is CC(NC(=O)CN1C(=O)c2cc(Cl)c(Cl)cc2C1=O)c1cccc(Cl)c1. The molecule has 0 radical (unpaired) electrons. The van der Waals surface area contributed by atoms with Gasteiger partial charge in [-0.05, 0) is 36.8 Å². The van der Waals surface area contributed by atoms with Crippen molar-refractivity contribution in [3.63, 3.8) is 0 Å². The Morgan fingerprint density at radius 2 is 1.62 bits per heavy atom. The first-order valence-electron chi connectivity index (χ1n) is 7.68. The van der Waals surface area contributed by atoms with Gasteiger partial charge >= 0.3 is 0 Å². The second-order valence-corrected chi connectivity index (χ2v) is 7.10. The summed E-state index contributed by atoms with van der Waals surface area (Å²) in [6, 6.07) is 9.41. The van der Waals surface area contributed by atoms with Crippen molar-refractivity contribution in [3.8, 4) is 0 Å². The van der Waals surface area contributed by atoms with Crippen LogP contribution >= 0.6 is 34.8 Å². The van der Waals surface area contributed by atoms with Gasteiger partial charge in [0, 0.05) is 5.02 Å². The summed E-state index contributed by atoms with van der Waals surface area (Å²) in [6.07, 6.45) is 0. The number of halogens is 3. The van der Waals surface area contributed by atoms with Gasteiger partial charge in [0.2, 0.25) is 5.91 Å². The van der Waals surface area contributed by atoms with Crippen LogP contribution in [0.4, 0.5) is 0 Å². The van der Waals surface area contributed by atoms with E-state index in [1.54, 1.807) is 25.1 Å². The predicted octanol–water partition coefficient (Wildman–Crippen LogP) is 4.12. The van der Waals surface area contributed by atoms with Crippen molar-refractivity contribution in [1.29, 1.82) is 0 Å². The number of hydrogen-bond acceptors (Lipinski definition) is 3. The Morgan fingerprint density at radius 3 is 2.15 bits per heavy atom. The molecule has 3 rings (SSSR count). The number of imide groups is 1. The molecule has 1 unspecified atom stereocenters. The van der Waals surface area contributed by atoms with Crippen molar-refractivity contribution in [3.05, 3.63) is 68.2 Å². The van der Waals surface area contributed by atoms with Crippen LogP contribution in [0.3, 0.4) is 0 Å². The van der Waals surface area contributed by atoms with Gasteiger partial charge in [-0.1, -0.05) is 46.9 Å². The summed E-state index contributed by atoms with van der Waals surface area (Å²) in [5.41, 5.74) is 1.09. The fourth-order valence-corrected chi connectivity index (χ4v) is 3.24. The maximum atomic E-state index is 12.4.